The molecule has 0 aromatic rings. The van der Waals surface area contributed by atoms with Crippen LogP contribution in [-0.4, -0.2) is 32.3 Å². The fraction of sp³-hybridized carbons (Fsp3) is 0.917. The van der Waals surface area contributed by atoms with Crippen LogP contribution in [0.5, 0.6) is 0 Å². The molecule has 92 valence electrons. The normalized spacial score (nSPS) is 33.2. The molecule has 3 unspecified atom stereocenters. The van der Waals surface area contributed by atoms with Crippen molar-refractivity contribution in [1.29, 1.82) is 0 Å². The van der Waals surface area contributed by atoms with Crippen LogP contribution < -0.4 is 10.6 Å². The number of hydrogen-bond donors (Lipinski definition) is 2. The highest BCUT2D eigenvalue weighted by Crippen LogP contribution is 2.36. The summed E-state index contributed by atoms with van der Waals surface area (Å²) in [6.45, 7) is 5.46. The quantitative estimate of drug-likeness (QED) is 0.760. The minimum atomic E-state index is -0.0235. The van der Waals surface area contributed by atoms with E-state index in [0.29, 0.717) is 11.8 Å². The van der Waals surface area contributed by atoms with Crippen LogP contribution in [0.15, 0.2) is 0 Å². The second-order valence-electron chi connectivity index (χ2n) is 5.15. The second-order valence-corrected chi connectivity index (χ2v) is 5.15. The summed E-state index contributed by atoms with van der Waals surface area (Å²) in [4.78, 5) is 11.5. The van der Waals surface area contributed by atoms with Gasteiger partial charge in [0.15, 0.2) is 0 Å². The molecule has 0 bridgehead atoms. The summed E-state index contributed by atoms with van der Waals surface area (Å²) in [6.07, 6.45) is 3.55. The van der Waals surface area contributed by atoms with Gasteiger partial charge in [0.05, 0.1) is 6.61 Å². The third-order valence-corrected chi connectivity index (χ3v) is 3.61. The first-order valence-corrected chi connectivity index (χ1v) is 6.35. The van der Waals surface area contributed by atoms with E-state index in [4.69, 9.17) is 4.74 Å². The van der Waals surface area contributed by atoms with Crippen molar-refractivity contribution in [3.8, 4) is 0 Å². The van der Waals surface area contributed by atoms with Gasteiger partial charge in [0.2, 0.25) is 0 Å². The molecular weight excluding hydrogens is 204 g/mol. The van der Waals surface area contributed by atoms with Crippen molar-refractivity contribution in [2.24, 2.45) is 17.8 Å². The number of amides is 2. The molecular formula is C12H22N2O2. The first-order valence-electron chi connectivity index (χ1n) is 6.35. The number of hydrogen-bond acceptors (Lipinski definition) is 2. The number of ether oxygens (including phenoxy) is 1. The zero-order valence-corrected chi connectivity index (χ0v) is 10.00. The SMILES string of the molecule is CC1CC1CNC(=O)NCC1CCCOC1. The predicted octanol–water partition coefficient (Wildman–Crippen LogP) is 1.37. The Hall–Kier alpha value is -0.770. The predicted molar refractivity (Wildman–Crippen MR) is 62.2 cm³/mol. The van der Waals surface area contributed by atoms with Crippen LogP contribution in [0.1, 0.15) is 26.2 Å². The van der Waals surface area contributed by atoms with E-state index in [1.807, 2.05) is 0 Å². The van der Waals surface area contributed by atoms with Crippen LogP contribution in [0.25, 0.3) is 0 Å². The summed E-state index contributed by atoms with van der Waals surface area (Å²) < 4.78 is 5.36. The van der Waals surface area contributed by atoms with Gasteiger partial charge in [-0.05, 0) is 37.0 Å². The number of carbonyl (C=O) groups excluding carboxylic acids is 1. The van der Waals surface area contributed by atoms with Gasteiger partial charge in [0.25, 0.3) is 0 Å². The molecule has 1 saturated heterocycles. The van der Waals surface area contributed by atoms with E-state index < -0.39 is 0 Å². The van der Waals surface area contributed by atoms with Crippen molar-refractivity contribution in [2.45, 2.75) is 26.2 Å². The molecule has 16 heavy (non-hydrogen) atoms. The van der Waals surface area contributed by atoms with Crippen molar-refractivity contribution < 1.29 is 9.53 Å². The van der Waals surface area contributed by atoms with E-state index in [2.05, 4.69) is 17.6 Å². The largest absolute Gasteiger partial charge is 0.381 e. The van der Waals surface area contributed by atoms with Gasteiger partial charge in [-0.1, -0.05) is 6.92 Å². The van der Waals surface area contributed by atoms with Gasteiger partial charge in [-0.25, -0.2) is 4.79 Å². The Bertz CT molecular complexity index is 239. The molecule has 4 nitrogen and oxygen atoms in total. The first-order chi connectivity index (χ1) is 7.75. The highest BCUT2D eigenvalue weighted by Gasteiger charge is 2.32. The first kappa shape index (κ1) is 11.7. The molecule has 2 fully saturated rings. The Labute approximate surface area is 97.1 Å². The Balaban J connectivity index is 1.52. The van der Waals surface area contributed by atoms with E-state index in [-0.39, 0.29) is 6.03 Å². The van der Waals surface area contributed by atoms with Crippen LogP contribution in [-0.2, 0) is 4.74 Å². The lowest BCUT2D eigenvalue weighted by Crippen LogP contribution is -2.40. The topological polar surface area (TPSA) is 50.4 Å². The molecule has 0 radical (unpaired) electrons. The average Bonchev–Trinajstić information content (AvgIpc) is 3.01. The Morgan fingerprint density at radius 1 is 1.38 bits per heavy atom. The molecule has 1 aliphatic carbocycles. The Morgan fingerprint density at radius 2 is 2.12 bits per heavy atom. The number of nitrogens with one attached hydrogen (secondary N) is 2. The molecule has 3 atom stereocenters. The van der Waals surface area contributed by atoms with Crippen LogP contribution in [0.2, 0.25) is 0 Å². The molecule has 0 aromatic carbocycles. The van der Waals surface area contributed by atoms with Gasteiger partial charge in [-0.15, -0.1) is 0 Å². The minimum Gasteiger partial charge on any atom is -0.381 e. The lowest BCUT2D eigenvalue weighted by atomic mass is 10.0. The molecule has 0 aromatic heterocycles. The van der Waals surface area contributed by atoms with E-state index in [1.165, 1.54) is 12.8 Å². The molecule has 4 heteroatoms. The second kappa shape index (κ2) is 5.53. The molecule has 2 amide bonds. The lowest BCUT2D eigenvalue weighted by molar-refractivity contribution is 0.0557. The highest BCUT2D eigenvalue weighted by atomic mass is 16.5. The highest BCUT2D eigenvalue weighted by molar-refractivity contribution is 5.73. The summed E-state index contributed by atoms with van der Waals surface area (Å²) in [5, 5.41) is 5.84. The van der Waals surface area contributed by atoms with Crippen LogP contribution >= 0.6 is 0 Å². The minimum absolute atomic E-state index is 0.0235. The summed E-state index contributed by atoms with van der Waals surface area (Å²) >= 11 is 0. The fourth-order valence-electron chi connectivity index (χ4n) is 2.18. The van der Waals surface area contributed by atoms with E-state index in [1.54, 1.807) is 0 Å². The van der Waals surface area contributed by atoms with Gasteiger partial charge in [0.1, 0.15) is 0 Å². The van der Waals surface area contributed by atoms with Crippen molar-refractivity contribution >= 4 is 6.03 Å². The van der Waals surface area contributed by atoms with Crippen molar-refractivity contribution in [1.82, 2.24) is 10.6 Å². The lowest BCUT2D eigenvalue weighted by Gasteiger charge is -2.22. The number of urea groups is 1. The van der Waals surface area contributed by atoms with E-state index in [0.717, 1.165) is 38.6 Å². The van der Waals surface area contributed by atoms with Crippen LogP contribution in [0.4, 0.5) is 4.79 Å². The van der Waals surface area contributed by atoms with Gasteiger partial charge in [-0.3, -0.25) is 0 Å². The summed E-state index contributed by atoms with van der Waals surface area (Å²) in [7, 11) is 0. The molecule has 2 rings (SSSR count). The maximum absolute atomic E-state index is 11.5. The van der Waals surface area contributed by atoms with Gasteiger partial charge in [0, 0.05) is 19.7 Å². The molecule has 1 saturated carbocycles. The van der Waals surface area contributed by atoms with Gasteiger partial charge < -0.3 is 15.4 Å². The third kappa shape index (κ3) is 3.67. The summed E-state index contributed by atoms with van der Waals surface area (Å²) in [6, 6.07) is -0.0235. The van der Waals surface area contributed by atoms with E-state index in [9.17, 15) is 4.79 Å². The Morgan fingerprint density at radius 3 is 2.75 bits per heavy atom. The van der Waals surface area contributed by atoms with Crippen molar-refractivity contribution in [2.75, 3.05) is 26.3 Å². The number of rotatable bonds is 4. The maximum Gasteiger partial charge on any atom is 0.314 e. The zero-order chi connectivity index (χ0) is 11.4. The fourth-order valence-corrected chi connectivity index (χ4v) is 2.18. The smallest absolute Gasteiger partial charge is 0.314 e. The Kier molecular flexibility index (Phi) is 4.04. The van der Waals surface area contributed by atoms with Gasteiger partial charge >= 0.3 is 6.03 Å². The monoisotopic (exact) mass is 226 g/mol. The van der Waals surface area contributed by atoms with Crippen molar-refractivity contribution in [3.63, 3.8) is 0 Å². The van der Waals surface area contributed by atoms with Crippen molar-refractivity contribution in [3.05, 3.63) is 0 Å². The standard InChI is InChI=1S/C12H22N2O2/c1-9-5-11(9)7-14-12(15)13-6-10-3-2-4-16-8-10/h9-11H,2-8H2,1H3,(H2,13,14,15). The average molecular weight is 226 g/mol. The third-order valence-electron chi connectivity index (χ3n) is 3.61. The maximum atomic E-state index is 11.5. The summed E-state index contributed by atoms with van der Waals surface area (Å²) in [5.74, 6) is 2.01. The number of carbonyl (C=O) groups is 1. The molecule has 2 N–H and O–H groups in total. The molecule has 2 aliphatic rings. The molecule has 1 heterocycles. The molecule has 0 spiro atoms. The van der Waals surface area contributed by atoms with Crippen LogP contribution in [0, 0.1) is 17.8 Å². The van der Waals surface area contributed by atoms with Crippen LogP contribution in [0.3, 0.4) is 0 Å². The van der Waals surface area contributed by atoms with E-state index >= 15 is 0 Å². The van der Waals surface area contributed by atoms with Gasteiger partial charge in [-0.2, -0.15) is 0 Å². The zero-order valence-electron chi connectivity index (χ0n) is 10.00. The summed E-state index contributed by atoms with van der Waals surface area (Å²) in [5.41, 5.74) is 0. The molecule has 1 aliphatic heterocycles.